The zero-order valence-electron chi connectivity index (χ0n) is 9.47. The van der Waals surface area contributed by atoms with E-state index in [9.17, 15) is 9.59 Å². The number of carbonyl (C=O) groups is 2. The zero-order chi connectivity index (χ0) is 11.5. The maximum atomic E-state index is 11.2. The van der Waals surface area contributed by atoms with E-state index in [1.165, 1.54) is 0 Å². The lowest BCUT2D eigenvalue weighted by Gasteiger charge is -2.04. The van der Waals surface area contributed by atoms with E-state index in [0.717, 1.165) is 6.42 Å². The predicted octanol–water partition coefficient (Wildman–Crippen LogP) is 0.0554. The molecule has 5 heteroatoms. The number of hydrogen-bond acceptors (Lipinski definition) is 3. The second-order valence-corrected chi connectivity index (χ2v) is 3.22. The number of amides is 2. The van der Waals surface area contributed by atoms with E-state index in [2.05, 4.69) is 10.6 Å². The number of rotatable bonds is 8. The minimum Gasteiger partial charge on any atom is -0.385 e. The van der Waals surface area contributed by atoms with Crippen LogP contribution in [0.2, 0.25) is 0 Å². The Kier molecular flexibility index (Phi) is 8.76. The lowest BCUT2D eigenvalue weighted by atomic mass is 10.2. The first-order valence-corrected chi connectivity index (χ1v) is 5.17. The summed E-state index contributed by atoms with van der Waals surface area (Å²) in [4.78, 5) is 22.0. The molecule has 0 aliphatic rings. The van der Waals surface area contributed by atoms with Gasteiger partial charge in [0.15, 0.2) is 0 Å². The third-order valence-electron chi connectivity index (χ3n) is 1.93. The van der Waals surface area contributed by atoms with Crippen LogP contribution in [0.1, 0.15) is 25.7 Å². The molecule has 0 aromatic carbocycles. The highest BCUT2D eigenvalue weighted by Gasteiger charge is 2.02. The van der Waals surface area contributed by atoms with Gasteiger partial charge in [-0.1, -0.05) is 0 Å². The zero-order valence-corrected chi connectivity index (χ0v) is 9.47. The molecule has 0 aromatic rings. The Morgan fingerprint density at radius 1 is 1.13 bits per heavy atom. The molecule has 5 nitrogen and oxygen atoms in total. The van der Waals surface area contributed by atoms with Crippen LogP contribution in [0.25, 0.3) is 0 Å². The van der Waals surface area contributed by atoms with Crippen molar-refractivity contribution in [2.75, 3.05) is 27.3 Å². The molecule has 0 rings (SSSR count). The lowest BCUT2D eigenvalue weighted by Crippen LogP contribution is -2.25. The number of carbonyl (C=O) groups excluding carboxylic acids is 2. The number of methoxy groups -OCH3 is 1. The van der Waals surface area contributed by atoms with Crippen molar-refractivity contribution in [2.45, 2.75) is 25.7 Å². The first-order chi connectivity index (χ1) is 7.20. The van der Waals surface area contributed by atoms with Crippen LogP contribution in [0.5, 0.6) is 0 Å². The fourth-order valence-corrected chi connectivity index (χ4v) is 1.07. The van der Waals surface area contributed by atoms with Crippen LogP contribution in [0.15, 0.2) is 0 Å². The van der Waals surface area contributed by atoms with Crippen LogP contribution in [-0.2, 0) is 14.3 Å². The van der Waals surface area contributed by atoms with Crippen molar-refractivity contribution in [3.05, 3.63) is 0 Å². The van der Waals surface area contributed by atoms with Crippen LogP contribution in [0, 0.1) is 0 Å². The summed E-state index contributed by atoms with van der Waals surface area (Å²) in [5, 5.41) is 5.27. The Hall–Kier alpha value is -1.10. The normalized spacial score (nSPS) is 9.73. The molecule has 0 saturated heterocycles. The van der Waals surface area contributed by atoms with Crippen molar-refractivity contribution >= 4 is 11.8 Å². The molecule has 0 fully saturated rings. The van der Waals surface area contributed by atoms with Gasteiger partial charge in [-0.3, -0.25) is 9.59 Å². The van der Waals surface area contributed by atoms with Gasteiger partial charge < -0.3 is 15.4 Å². The first-order valence-electron chi connectivity index (χ1n) is 5.17. The SMILES string of the molecule is CNC(=O)CCCC(=O)NCCCOC. The number of hydrogen-bond donors (Lipinski definition) is 2. The molecule has 0 unspecified atom stereocenters. The number of ether oxygens (including phenoxy) is 1. The quantitative estimate of drug-likeness (QED) is 0.564. The minimum atomic E-state index is -0.0258. The molecule has 2 N–H and O–H groups in total. The molecule has 15 heavy (non-hydrogen) atoms. The molecule has 0 saturated carbocycles. The van der Waals surface area contributed by atoms with E-state index in [4.69, 9.17) is 4.74 Å². The van der Waals surface area contributed by atoms with Crippen molar-refractivity contribution in [1.82, 2.24) is 10.6 Å². The van der Waals surface area contributed by atoms with Crippen molar-refractivity contribution in [3.8, 4) is 0 Å². The van der Waals surface area contributed by atoms with Gasteiger partial charge in [-0.05, 0) is 12.8 Å². The Balaban J connectivity index is 3.29. The van der Waals surface area contributed by atoms with E-state index in [1.807, 2.05) is 0 Å². The van der Waals surface area contributed by atoms with Crippen LogP contribution < -0.4 is 10.6 Å². The van der Waals surface area contributed by atoms with Gasteiger partial charge in [0.25, 0.3) is 0 Å². The second-order valence-electron chi connectivity index (χ2n) is 3.22. The summed E-state index contributed by atoms with van der Waals surface area (Å²) in [5.74, 6) is -0.0304. The summed E-state index contributed by atoms with van der Waals surface area (Å²) in [7, 11) is 3.22. The Labute approximate surface area is 90.6 Å². The minimum absolute atomic E-state index is 0.00462. The van der Waals surface area contributed by atoms with E-state index in [1.54, 1.807) is 14.2 Å². The third kappa shape index (κ3) is 9.21. The van der Waals surface area contributed by atoms with Gasteiger partial charge in [-0.25, -0.2) is 0 Å². The first kappa shape index (κ1) is 13.9. The largest absolute Gasteiger partial charge is 0.385 e. The average molecular weight is 216 g/mol. The van der Waals surface area contributed by atoms with Gasteiger partial charge in [0.1, 0.15) is 0 Å². The summed E-state index contributed by atoms with van der Waals surface area (Å²) in [5.41, 5.74) is 0. The molecule has 0 spiro atoms. The van der Waals surface area contributed by atoms with Crippen molar-refractivity contribution < 1.29 is 14.3 Å². The maximum Gasteiger partial charge on any atom is 0.220 e. The predicted molar refractivity (Wildman–Crippen MR) is 57.4 cm³/mol. The molecule has 0 radical (unpaired) electrons. The van der Waals surface area contributed by atoms with Crippen LogP contribution in [0.3, 0.4) is 0 Å². The Morgan fingerprint density at radius 2 is 1.80 bits per heavy atom. The van der Waals surface area contributed by atoms with Gasteiger partial charge >= 0.3 is 0 Å². The van der Waals surface area contributed by atoms with Gasteiger partial charge in [-0.2, -0.15) is 0 Å². The van der Waals surface area contributed by atoms with Crippen molar-refractivity contribution in [1.29, 1.82) is 0 Å². The smallest absolute Gasteiger partial charge is 0.220 e. The van der Waals surface area contributed by atoms with Crippen LogP contribution in [0.4, 0.5) is 0 Å². The van der Waals surface area contributed by atoms with E-state index in [-0.39, 0.29) is 11.8 Å². The van der Waals surface area contributed by atoms with Gasteiger partial charge in [0.05, 0.1) is 0 Å². The fraction of sp³-hybridized carbons (Fsp3) is 0.800. The Bertz CT molecular complexity index is 195. The highest BCUT2D eigenvalue weighted by atomic mass is 16.5. The molecular weight excluding hydrogens is 196 g/mol. The molecule has 0 bridgehead atoms. The topological polar surface area (TPSA) is 67.4 Å². The van der Waals surface area contributed by atoms with Crippen LogP contribution >= 0.6 is 0 Å². The van der Waals surface area contributed by atoms with Crippen molar-refractivity contribution in [2.24, 2.45) is 0 Å². The summed E-state index contributed by atoms with van der Waals surface area (Å²) in [6.07, 6.45) is 2.22. The molecule has 0 aliphatic heterocycles. The maximum absolute atomic E-state index is 11.2. The highest BCUT2D eigenvalue weighted by Crippen LogP contribution is 1.94. The summed E-state index contributed by atoms with van der Waals surface area (Å²) >= 11 is 0. The summed E-state index contributed by atoms with van der Waals surface area (Å²) < 4.78 is 4.85. The van der Waals surface area contributed by atoms with E-state index >= 15 is 0 Å². The van der Waals surface area contributed by atoms with Crippen LogP contribution in [-0.4, -0.2) is 39.1 Å². The third-order valence-corrected chi connectivity index (χ3v) is 1.93. The lowest BCUT2D eigenvalue weighted by molar-refractivity contribution is -0.122. The highest BCUT2D eigenvalue weighted by molar-refractivity contribution is 5.78. The molecule has 0 atom stereocenters. The van der Waals surface area contributed by atoms with E-state index in [0.29, 0.717) is 32.4 Å². The van der Waals surface area contributed by atoms with E-state index < -0.39 is 0 Å². The fourth-order valence-electron chi connectivity index (χ4n) is 1.07. The molecule has 2 amide bonds. The molecule has 0 aromatic heterocycles. The summed E-state index contributed by atoms with van der Waals surface area (Å²) in [6.45, 7) is 1.28. The monoisotopic (exact) mass is 216 g/mol. The Morgan fingerprint density at radius 3 is 2.40 bits per heavy atom. The van der Waals surface area contributed by atoms with Gasteiger partial charge in [-0.15, -0.1) is 0 Å². The second kappa shape index (κ2) is 9.45. The van der Waals surface area contributed by atoms with Crippen molar-refractivity contribution in [3.63, 3.8) is 0 Å². The average Bonchev–Trinajstić information content (AvgIpc) is 2.24. The number of nitrogens with one attached hydrogen (secondary N) is 2. The summed E-state index contributed by atoms with van der Waals surface area (Å²) in [6, 6.07) is 0. The molecule has 0 aliphatic carbocycles. The molecular formula is C10H20N2O3. The standard InChI is InChI=1S/C10H20N2O3/c1-11-9(13)5-3-6-10(14)12-7-4-8-15-2/h3-8H2,1-2H3,(H,11,13)(H,12,14). The molecule has 0 heterocycles. The van der Waals surface area contributed by atoms with Gasteiger partial charge in [0, 0.05) is 40.2 Å². The van der Waals surface area contributed by atoms with Gasteiger partial charge in [0.2, 0.25) is 11.8 Å². The molecule has 88 valence electrons.